The SMILES string of the molecule is Cc1cccc(-c2nc(Br)no2)c1Cl. The number of nitrogens with zero attached hydrogens (tertiary/aromatic N) is 2. The molecule has 14 heavy (non-hydrogen) atoms. The zero-order chi connectivity index (χ0) is 10.1. The van der Waals surface area contributed by atoms with Gasteiger partial charge in [-0.15, -0.1) is 0 Å². The van der Waals surface area contributed by atoms with E-state index in [0.29, 0.717) is 15.6 Å². The minimum absolute atomic E-state index is 0.421. The molecule has 0 unspecified atom stereocenters. The standard InChI is InChI=1S/C9H6BrClN2O/c1-5-3-2-4-6(7(5)11)8-12-9(10)13-14-8/h2-4H,1H3. The summed E-state index contributed by atoms with van der Waals surface area (Å²) in [6.07, 6.45) is 0. The lowest BCUT2D eigenvalue weighted by atomic mass is 10.1. The first-order valence-corrected chi connectivity index (χ1v) is 5.10. The van der Waals surface area contributed by atoms with E-state index in [0.717, 1.165) is 11.1 Å². The molecule has 0 saturated carbocycles. The van der Waals surface area contributed by atoms with Gasteiger partial charge in [-0.2, -0.15) is 4.98 Å². The van der Waals surface area contributed by atoms with Crippen LogP contribution >= 0.6 is 27.5 Å². The number of hydrogen-bond acceptors (Lipinski definition) is 3. The van der Waals surface area contributed by atoms with E-state index in [1.807, 2.05) is 25.1 Å². The van der Waals surface area contributed by atoms with Crippen LogP contribution in [0.25, 0.3) is 11.5 Å². The topological polar surface area (TPSA) is 38.9 Å². The van der Waals surface area contributed by atoms with E-state index >= 15 is 0 Å². The highest BCUT2D eigenvalue weighted by atomic mass is 79.9. The Labute approximate surface area is 94.2 Å². The normalized spacial score (nSPS) is 10.5. The molecule has 0 N–H and O–H groups in total. The summed E-state index contributed by atoms with van der Waals surface area (Å²) in [6.45, 7) is 1.93. The van der Waals surface area contributed by atoms with Gasteiger partial charge in [-0.3, -0.25) is 0 Å². The molecular formula is C9H6BrClN2O. The molecule has 2 aromatic rings. The summed E-state index contributed by atoms with van der Waals surface area (Å²) in [5.41, 5.74) is 1.74. The third-order valence-electron chi connectivity index (χ3n) is 1.82. The van der Waals surface area contributed by atoms with Crippen molar-refractivity contribution < 1.29 is 4.52 Å². The molecule has 0 radical (unpaired) electrons. The van der Waals surface area contributed by atoms with Crippen molar-refractivity contribution in [1.29, 1.82) is 0 Å². The summed E-state index contributed by atoms with van der Waals surface area (Å²) >= 11 is 9.21. The van der Waals surface area contributed by atoms with Gasteiger partial charge in [0.05, 0.1) is 10.6 Å². The van der Waals surface area contributed by atoms with Crippen LogP contribution in [-0.2, 0) is 0 Å². The number of benzene rings is 1. The van der Waals surface area contributed by atoms with Crippen LogP contribution in [0.5, 0.6) is 0 Å². The van der Waals surface area contributed by atoms with Crippen LogP contribution in [0.15, 0.2) is 27.5 Å². The smallest absolute Gasteiger partial charge is 0.260 e. The Morgan fingerprint density at radius 1 is 1.43 bits per heavy atom. The Balaban J connectivity index is 2.57. The van der Waals surface area contributed by atoms with E-state index in [1.165, 1.54) is 0 Å². The highest BCUT2D eigenvalue weighted by Crippen LogP contribution is 2.29. The maximum absolute atomic E-state index is 6.09. The first-order valence-electron chi connectivity index (χ1n) is 3.93. The van der Waals surface area contributed by atoms with Crippen molar-refractivity contribution in [2.24, 2.45) is 0 Å². The second-order valence-corrected chi connectivity index (χ2v) is 3.89. The van der Waals surface area contributed by atoms with Gasteiger partial charge in [-0.1, -0.05) is 23.7 Å². The van der Waals surface area contributed by atoms with Crippen LogP contribution in [0.2, 0.25) is 5.02 Å². The van der Waals surface area contributed by atoms with Gasteiger partial charge < -0.3 is 4.52 Å². The van der Waals surface area contributed by atoms with E-state index in [2.05, 4.69) is 26.1 Å². The first-order chi connectivity index (χ1) is 6.68. The van der Waals surface area contributed by atoms with Crippen molar-refractivity contribution in [3.05, 3.63) is 33.5 Å². The lowest BCUT2D eigenvalue weighted by Gasteiger charge is -2.00. The molecule has 0 aliphatic heterocycles. The maximum atomic E-state index is 6.09. The number of hydrogen-bond donors (Lipinski definition) is 0. The molecule has 0 saturated heterocycles. The monoisotopic (exact) mass is 272 g/mol. The molecule has 5 heteroatoms. The average Bonchev–Trinajstić information content (AvgIpc) is 2.57. The summed E-state index contributed by atoms with van der Waals surface area (Å²) in [5, 5.41) is 4.28. The molecule has 2 rings (SSSR count). The van der Waals surface area contributed by atoms with Gasteiger partial charge >= 0.3 is 0 Å². The zero-order valence-electron chi connectivity index (χ0n) is 7.29. The second-order valence-electron chi connectivity index (χ2n) is 2.81. The average molecular weight is 274 g/mol. The number of halogens is 2. The van der Waals surface area contributed by atoms with Gasteiger partial charge in [0, 0.05) is 0 Å². The zero-order valence-corrected chi connectivity index (χ0v) is 9.63. The summed E-state index contributed by atoms with van der Waals surface area (Å²) in [6, 6.07) is 5.67. The van der Waals surface area contributed by atoms with Crippen molar-refractivity contribution in [2.45, 2.75) is 6.92 Å². The van der Waals surface area contributed by atoms with Gasteiger partial charge in [0.1, 0.15) is 0 Å². The Morgan fingerprint density at radius 2 is 2.21 bits per heavy atom. The van der Waals surface area contributed by atoms with E-state index in [1.54, 1.807) is 0 Å². The third kappa shape index (κ3) is 1.67. The lowest BCUT2D eigenvalue weighted by molar-refractivity contribution is 0.426. The first kappa shape index (κ1) is 9.68. The highest BCUT2D eigenvalue weighted by molar-refractivity contribution is 9.10. The molecular weight excluding hydrogens is 267 g/mol. The summed E-state index contributed by atoms with van der Waals surface area (Å²) < 4.78 is 5.42. The Hall–Kier alpha value is -0.870. The molecule has 0 amide bonds. The predicted octanol–water partition coefficient (Wildman–Crippen LogP) is 3.46. The van der Waals surface area contributed by atoms with E-state index in [4.69, 9.17) is 16.1 Å². The molecule has 1 aromatic heterocycles. The summed E-state index contributed by atoms with van der Waals surface area (Å²) in [4.78, 5) is 4.04. The van der Waals surface area contributed by atoms with Crippen molar-refractivity contribution in [3.8, 4) is 11.5 Å². The van der Waals surface area contributed by atoms with Crippen molar-refractivity contribution in [1.82, 2.24) is 10.1 Å². The number of rotatable bonds is 1. The largest absolute Gasteiger partial charge is 0.333 e. The molecule has 0 aliphatic carbocycles. The van der Waals surface area contributed by atoms with Gasteiger partial charge in [-0.25, -0.2) is 0 Å². The fraction of sp³-hybridized carbons (Fsp3) is 0.111. The van der Waals surface area contributed by atoms with Crippen LogP contribution in [0, 0.1) is 6.92 Å². The minimum Gasteiger partial charge on any atom is -0.333 e. The number of aromatic nitrogens is 2. The number of aryl methyl sites for hydroxylation is 1. The van der Waals surface area contributed by atoms with Crippen LogP contribution in [0.3, 0.4) is 0 Å². The Kier molecular flexibility index (Phi) is 2.56. The predicted molar refractivity (Wildman–Crippen MR) is 57.2 cm³/mol. The van der Waals surface area contributed by atoms with E-state index < -0.39 is 0 Å². The molecule has 0 spiro atoms. The second kappa shape index (κ2) is 3.71. The van der Waals surface area contributed by atoms with Gasteiger partial charge in [0.25, 0.3) is 5.89 Å². The quantitative estimate of drug-likeness (QED) is 0.798. The van der Waals surface area contributed by atoms with Crippen molar-refractivity contribution in [2.75, 3.05) is 0 Å². The molecule has 3 nitrogen and oxygen atoms in total. The van der Waals surface area contributed by atoms with Crippen LogP contribution in [0.4, 0.5) is 0 Å². The molecule has 1 heterocycles. The van der Waals surface area contributed by atoms with E-state index in [9.17, 15) is 0 Å². The van der Waals surface area contributed by atoms with Gasteiger partial charge in [0.2, 0.25) is 4.73 Å². The highest BCUT2D eigenvalue weighted by Gasteiger charge is 2.11. The van der Waals surface area contributed by atoms with Crippen molar-refractivity contribution >= 4 is 27.5 Å². The molecule has 1 aromatic carbocycles. The fourth-order valence-electron chi connectivity index (χ4n) is 1.13. The fourth-order valence-corrected chi connectivity index (χ4v) is 1.57. The van der Waals surface area contributed by atoms with Crippen LogP contribution in [0.1, 0.15) is 5.56 Å². The Morgan fingerprint density at radius 3 is 2.86 bits per heavy atom. The minimum atomic E-state index is 0.421. The molecule has 0 aliphatic rings. The molecule has 0 bridgehead atoms. The summed E-state index contributed by atoms with van der Waals surface area (Å²) in [5.74, 6) is 0.422. The molecule has 0 fully saturated rings. The van der Waals surface area contributed by atoms with Crippen molar-refractivity contribution in [3.63, 3.8) is 0 Å². The van der Waals surface area contributed by atoms with Gasteiger partial charge in [-0.05, 0) is 39.6 Å². The van der Waals surface area contributed by atoms with E-state index in [-0.39, 0.29) is 0 Å². The Bertz CT molecular complexity index is 470. The molecule has 0 atom stereocenters. The van der Waals surface area contributed by atoms with Crippen LogP contribution < -0.4 is 0 Å². The third-order valence-corrected chi connectivity index (χ3v) is 2.65. The summed E-state index contributed by atoms with van der Waals surface area (Å²) in [7, 11) is 0. The maximum Gasteiger partial charge on any atom is 0.260 e. The van der Waals surface area contributed by atoms with Gasteiger partial charge in [0.15, 0.2) is 0 Å². The molecule has 72 valence electrons. The lowest BCUT2D eigenvalue weighted by Crippen LogP contribution is -1.82. The van der Waals surface area contributed by atoms with Crippen LogP contribution in [-0.4, -0.2) is 10.1 Å².